The van der Waals surface area contributed by atoms with Gasteiger partial charge < -0.3 is 10.1 Å². The van der Waals surface area contributed by atoms with Crippen molar-refractivity contribution >= 4 is 55.1 Å². The summed E-state index contributed by atoms with van der Waals surface area (Å²) in [5.74, 6) is 0.702. The lowest BCUT2D eigenvalue weighted by Crippen LogP contribution is -2.13. The standard InChI is InChI=1S/C17H16Br2ClNO2/c1-11-4-7-16(13(19)9-11)23-8-2-3-17(22)21-15-6-5-12(18)10-14(15)20/h4-7,9-10H,2-3,8H2,1H3,(H,21,22). The van der Waals surface area contributed by atoms with Gasteiger partial charge in [0.25, 0.3) is 0 Å². The van der Waals surface area contributed by atoms with E-state index in [-0.39, 0.29) is 5.91 Å². The smallest absolute Gasteiger partial charge is 0.224 e. The largest absolute Gasteiger partial charge is 0.492 e. The normalized spacial score (nSPS) is 10.4. The Morgan fingerprint density at radius 3 is 2.70 bits per heavy atom. The highest BCUT2D eigenvalue weighted by Crippen LogP contribution is 2.27. The average Bonchev–Trinajstić information content (AvgIpc) is 2.48. The van der Waals surface area contributed by atoms with Gasteiger partial charge in [-0.25, -0.2) is 0 Å². The number of anilines is 1. The molecule has 0 saturated heterocycles. The maximum atomic E-state index is 11.9. The number of hydrogen-bond donors (Lipinski definition) is 1. The monoisotopic (exact) mass is 459 g/mol. The van der Waals surface area contributed by atoms with Gasteiger partial charge in [0.2, 0.25) is 5.91 Å². The van der Waals surface area contributed by atoms with Gasteiger partial charge in [0.1, 0.15) is 5.75 Å². The van der Waals surface area contributed by atoms with Crippen molar-refractivity contribution in [3.63, 3.8) is 0 Å². The molecule has 0 bridgehead atoms. The number of amides is 1. The third-order valence-corrected chi connectivity index (χ3v) is 4.52. The van der Waals surface area contributed by atoms with Gasteiger partial charge >= 0.3 is 0 Å². The van der Waals surface area contributed by atoms with Crippen LogP contribution in [0.3, 0.4) is 0 Å². The van der Waals surface area contributed by atoms with Gasteiger partial charge in [0.05, 0.1) is 21.8 Å². The molecule has 0 heterocycles. The van der Waals surface area contributed by atoms with Crippen molar-refractivity contribution in [1.82, 2.24) is 0 Å². The van der Waals surface area contributed by atoms with Gasteiger partial charge in [-0.2, -0.15) is 0 Å². The summed E-state index contributed by atoms with van der Waals surface area (Å²) in [5.41, 5.74) is 1.78. The molecule has 2 rings (SSSR count). The molecule has 0 aromatic heterocycles. The molecule has 0 spiro atoms. The van der Waals surface area contributed by atoms with Gasteiger partial charge in [0.15, 0.2) is 0 Å². The van der Waals surface area contributed by atoms with Crippen molar-refractivity contribution < 1.29 is 9.53 Å². The molecular formula is C17H16Br2ClNO2. The van der Waals surface area contributed by atoms with Crippen LogP contribution < -0.4 is 10.1 Å². The van der Waals surface area contributed by atoms with E-state index >= 15 is 0 Å². The number of aryl methyl sites for hydroxylation is 1. The minimum Gasteiger partial charge on any atom is -0.492 e. The Morgan fingerprint density at radius 2 is 2.00 bits per heavy atom. The Balaban J connectivity index is 1.76. The third-order valence-electron chi connectivity index (χ3n) is 3.10. The summed E-state index contributed by atoms with van der Waals surface area (Å²) in [5, 5.41) is 3.31. The quantitative estimate of drug-likeness (QED) is 0.538. The minimum absolute atomic E-state index is 0.0826. The lowest BCUT2D eigenvalue weighted by Gasteiger charge is -2.10. The molecule has 122 valence electrons. The number of carbonyl (C=O) groups excluding carboxylic acids is 1. The number of benzene rings is 2. The summed E-state index contributed by atoms with van der Waals surface area (Å²) in [7, 11) is 0. The SMILES string of the molecule is Cc1ccc(OCCCC(=O)Nc2ccc(Br)cc2Cl)c(Br)c1. The van der Waals surface area contributed by atoms with Crippen molar-refractivity contribution in [2.45, 2.75) is 19.8 Å². The van der Waals surface area contributed by atoms with E-state index in [0.29, 0.717) is 30.2 Å². The number of hydrogen-bond acceptors (Lipinski definition) is 2. The second-order valence-electron chi connectivity index (χ2n) is 5.06. The number of halogens is 3. The Labute approximate surface area is 157 Å². The molecule has 0 radical (unpaired) electrons. The highest BCUT2D eigenvalue weighted by Gasteiger charge is 2.07. The van der Waals surface area contributed by atoms with E-state index in [4.69, 9.17) is 16.3 Å². The van der Waals surface area contributed by atoms with Crippen LogP contribution in [0.5, 0.6) is 5.75 Å². The average molecular weight is 462 g/mol. The fourth-order valence-corrected chi connectivity index (χ4v) is 3.27. The molecule has 23 heavy (non-hydrogen) atoms. The van der Waals surface area contributed by atoms with Crippen LogP contribution >= 0.6 is 43.5 Å². The molecule has 2 aromatic carbocycles. The van der Waals surface area contributed by atoms with E-state index in [1.807, 2.05) is 31.2 Å². The van der Waals surface area contributed by atoms with E-state index in [1.54, 1.807) is 12.1 Å². The molecule has 6 heteroatoms. The first-order valence-corrected chi connectivity index (χ1v) is 9.06. The van der Waals surface area contributed by atoms with Gasteiger partial charge in [-0.1, -0.05) is 33.6 Å². The summed E-state index contributed by atoms with van der Waals surface area (Å²) in [6.45, 7) is 2.50. The fraction of sp³-hybridized carbons (Fsp3) is 0.235. The number of nitrogens with one attached hydrogen (secondary N) is 1. The summed E-state index contributed by atoms with van der Waals surface area (Å²) >= 11 is 12.9. The van der Waals surface area contributed by atoms with Crippen LogP contribution in [0, 0.1) is 6.92 Å². The lowest BCUT2D eigenvalue weighted by molar-refractivity contribution is -0.116. The first kappa shape index (κ1) is 18.3. The van der Waals surface area contributed by atoms with Crippen LogP contribution in [-0.4, -0.2) is 12.5 Å². The highest BCUT2D eigenvalue weighted by molar-refractivity contribution is 9.10. The fourth-order valence-electron chi connectivity index (χ4n) is 1.94. The van der Waals surface area contributed by atoms with Crippen molar-refractivity contribution in [3.8, 4) is 5.75 Å². The summed E-state index contributed by atoms with van der Waals surface area (Å²) in [6, 6.07) is 11.2. The van der Waals surface area contributed by atoms with Crippen molar-refractivity contribution in [3.05, 3.63) is 55.9 Å². The van der Waals surface area contributed by atoms with Crippen molar-refractivity contribution in [1.29, 1.82) is 0 Å². The van der Waals surface area contributed by atoms with E-state index in [9.17, 15) is 4.79 Å². The Bertz CT molecular complexity index is 707. The zero-order chi connectivity index (χ0) is 16.8. The molecule has 1 amide bonds. The maximum Gasteiger partial charge on any atom is 0.224 e. The zero-order valence-electron chi connectivity index (χ0n) is 12.5. The van der Waals surface area contributed by atoms with Gasteiger partial charge in [-0.05, 0) is 65.2 Å². The number of rotatable bonds is 6. The Kier molecular flexibility index (Phi) is 6.93. The molecule has 0 aliphatic carbocycles. The molecule has 0 atom stereocenters. The van der Waals surface area contributed by atoms with Crippen LogP contribution in [0.2, 0.25) is 5.02 Å². The highest BCUT2D eigenvalue weighted by atomic mass is 79.9. The first-order chi connectivity index (χ1) is 11.0. The van der Waals surface area contributed by atoms with E-state index in [0.717, 1.165) is 20.3 Å². The summed E-state index contributed by atoms with van der Waals surface area (Å²) in [4.78, 5) is 11.9. The number of ether oxygens (including phenoxy) is 1. The molecule has 0 unspecified atom stereocenters. The molecule has 0 fully saturated rings. The predicted octanol–water partition coefficient (Wildman–Crippen LogP) is 5.97. The summed E-state index contributed by atoms with van der Waals surface area (Å²) < 4.78 is 7.47. The molecule has 0 aliphatic heterocycles. The molecule has 1 N–H and O–H groups in total. The van der Waals surface area contributed by atoms with Crippen LogP contribution in [0.1, 0.15) is 18.4 Å². The first-order valence-electron chi connectivity index (χ1n) is 7.09. The molecular weight excluding hydrogens is 445 g/mol. The molecule has 3 nitrogen and oxygen atoms in total. The van der Waals surface area contributed by atoms with Crippen LogP contribution in [0.4, 0.5) is 5.69 Å². The minimum atomic E-state index is -0.0826. The maximum absolute atomic E-state index is 11.9. The molecule has 0 aliphatic rings. The van der Waals surface area contributed by atoms with Gasteiger partial charge in [0, 0.05) is 10.9 Å². The predicted molar refractivity (Wildman–Crippen MR) is 101 cm³/mol. The van der Waals surface area contributed by atoms with Gasteiger partial charge in [-0.15, -0.1) is 0 Å². The van der Waals surface area contributed by atoms with Crippen molar-refractivity contribution in [2.24, 2.45) is 0 Å². The molecule has 0 saturated carbocycles. The third kappa shape index (κ3) is 5.83. The topological polar surface area (TPSA) is 38.3 Å². The van der Waals surface area contributed by atoms with Crippen LogP contribution in [0.15, 0.2) is 45.3 Å². The Morgan fingerprint density at radius 1 is 1.22 bits per heavy atom. The van der Waals surface area contributed by atoms with Gasteiger partial charge in [-0.3, -0.25) is 4.79 Å². The Hall–Kier alpha value is -1.04. The van der Waals surface area contributed by atoms with Crippen LogP contribution in [-0.2, 0) is 4.79 Å². The number of carbonyl (C=O) groups is 1. The van der Waals surface area contributed by atoms with E-state index in [2.05, 4.69) is 37.2 Å². The lowest BCUT2D eigenvalue weighted by atomic mass is 10.2. The van der Waals surface area contributed by atoms with Crippen LogP contribution in [0.25, 0.3) is 0 Å². The van der Waals surface area contributed by atoms with Crippen molar-refractivity contribution in [2.75, 3.05) is 11.9 Å². The second kappa shape index (κ2) is 8.71. The second-order valence-corrected chi connectivity index (χ2v) is 7.24. The van der Waals surface area contributed by atoms with E-state index < -0.39 is 0 Å². The molecule has 2 aromatic rings. The summed E-state index contributed by atoms with van der Waals surface area (Å²) in [6.07, 6.45) is 0.996. The van der Waals surface area contributed by atoms with E-state index in [1.165, 1.54) is 0 Å². The zero-order valence-corrected chi connectivity index (χ0v) is 16.5.